The molecule has 0 fully saturated rings. The first kappa shape index (κ1) is 14.3. The summed E-state index contributed by atoms with van der Waals surface area (Å²) in [6.45, 7) is 2.59. The van der Waals surface area contributed by atoms with E-state index in [0.29, 0.717) is 16.6 Å². The predicted molar refractivity (Wildman–Crippen MR) is 83.1 cm³/mol. The number of thiazole rings is 1. The Morgan fingerprint density at radius 1 is 1.35 bits per heavy atom. The fourth-order valence-corrected chi connectivity index (χ4v) is 2.69. The van der Waals surface area contributed by atoms with Crippen molar-refractivity contribution in [2.45, 2.75) is 19.9 Å². The molecule has 0 spiro atoms. The molecule has 0 saturated carbocycles. The van der Waals surface area contributed by atoms with E-state index in [1.54, 1.807) is 7.05 Å². The summed E-state index contributed by atoms with van der Waals surface area (Å²) in [5, 5.41) is 6.41. The fraction of sp³-hybridized carbons (Fsp3) is 0.286. The summed E-state index contributed by atoms with van der Waals surface area (Å²) in [7, 11) is 1.75. The molecule has 2 aromatic rings. The van der Waals surface area contributed by atoms with Crippen LogP contribution in [0.15, 0.2) is 24.3 Å². The zero-order valence-electron chi connectivity index (χ0n) is 11.6. The van der Waals surface area contributed by atoms with Gasteiger partial charge in [0.2, 0.25) is 0 Å². The topological polar surface area (TPSA) is 80.0 Å². The number of nitrogens with zero attached hydrogens (tertiary/aromatic N) is 1. The number of nitrogen functional groups attached to an aromatic ring is 1. The monoisotopic (exact) mass is 290 g/mol. The van der Waals surface area contributed by atoms with Crippen molar-refractivity contribution >= 4 is 28.2 Å². The third-order valence-corrected chi connectivity index (χ3v) is 4.10. The number of nitrogens with one attached hydrogen (secondary N) is 2. The first-order chi connectivity index (χ1) is 9.65. The van der Waals surface area contributed by atoms with Crippen LogP contribution in [0, 0.1) is 0 Å². The van der Waals surface area contributed by atoms with Gasteiger partial charge in [0.05, 0.1) is 0 Å². The van der Waals surface area contributed by atoms with Crippen LogP contribution in [0.4, 0.5) is 10.9 Å². The van der Waals surface area contributed by atoms with Crippen molar-refractivity contribution in [1.82, 2.24) is 10.3 Å². The number of rotatable bonds is 5. The number of nitrogens with two attached hydrogens (primary N) is 1. The molecule has 0 aliphatic rings. The Labute approximate surface area is 122 Å². The minimum atomic E-state index is -0.188. The van der Waals surface area contributed by atoms with Crippen LogP contribution >= 0.6 is 11.3 Å². The van der Waals surface area contributed by atoms with E-state index in [0.717, 1.165) is 12.0 Å². The number of hydrogen-bond acceptors (Lipinski definition) is 5. The molecule has 1 aromatic heterocycles. The summed E-state index contributed by atoms with van der Waals surface area (Å²) in [6.07, 6.45) is 0.943. The third-order valence-electron chi connectivity index (χ3n) is 3.01. The maximum Gasteiger partial charge on any atom is 0.265 e. The van der Waals surface area contributed by atoms with Gasteiger partial charge in [-0.05, 0) is 17.5 Å². The second kappa shape index (κ2) is 6.38. The van der Waals surface area contributed by atoms with Crippen molar-refractivity contribution in [3.8, 4) is 0 Å². The summed E-state index contributed by atoms with van der Waals surface area (Å²) < 4.78 is 0. The van der Waals surface area contributed by atoms with Crippen molar-refractivity contribution in [2.75, 3.05) is 18.1 Å². The first-order valence-electron chi connectivity index (χ1n) is 6.44. The Morgan fingerprint density at radius 2 is 2.05 bits per heavy atom. The Bertz CT molecular complexity index is 609. The molecule has 4 N–H and O–H groups in total. The van der Waals surface area contributed by atoms with Crippen LogP contribution in [0.2, 0.25) is 0 Å². The van der Waals surface area contributed by atoms with Gasteiger partial charge in [-0.1, -0.05) is 42.5 Å². The first-order valence-corrected chi connectivity index (χ1v) is 7.26. The molecule has 0 unspecified atom stereocenters. The van der Waals surface area contributed by atoms with Gasteiger partial charge in [-0.3, -0.25) is 4.79 Å². The Balaban J connectivity index is 2.06. The molecule has 1 aromatic carbocycles. The molecule has 106 valence electrons. The molecule has 0 aliphatic carbocycles. The molecule has 0 bridgehead atoms. The Morgan fingerprint density at radius 3 is 2.65 bits per heavy atom. The van der Waals surface area contributed by atoms with Crippen molar-refractivity contribution in [1.29, 1.82) is 0 Å². The molecule has 1 heterocycles. The van der Waals surface area contributed by atoms with Crippen molar-refractivity contribution < 1.29 is 4.79 Å². The number of hydrogen-bond donors (Lipinski definition) is 3. The molecule has 5 nitrogen and oxygen atoms in total. The number of carbonyl (C=O) groups excluding carboxylic acids is 1. The largest absolute Gasteiger partial charge is 0.382 e. The molecule has 0 aliphatic heterocycles. The lowest BCUT2D eigenvalue weighted by molar-refractivity contribution is 0.0955. The Kier molecular flexibility index (Phi) is 4.57. The van der Waals surface area contributed by atoms with E-state index in [9.17, 15) is 4.79 Å². The molecular weight excluding hydrogens is 272 g/mol. The highest BCUT2D eigenvalue weighted by Gasteiger charge is 2.15. The smallest absolute Gasteiger partial charge is 0.265 e. The summed E-state index contributed by atoms with van der Waals surface area (Å²) in [4.78, 5) is 16.6. The molecule has 0 atom stereocenters. The van der Waals surface area contributed by atoms with Crippen LogP contribution in [-0.4, -0.2) is 17.9 Å². The highest BCUT2D eigenvalue weighted by atomic mass is 32.1. The van der Waals surface area contributed by atoms with Crippen molar-refractivity contribution in [2.24, 2.45) is 0 Å². The maximum atomic E-state index is 12.1. The van der Waals surface area contributed by atoms with Gasteiger partial charge in [0, 0.05) is 13.6 Å². The fourth-order valence-electron chi connectivity index (χ4n) is 1.93. The van der Waals surface area contributed by atoms with Crippen LogP contribution in [0.3, 0.4) is 0 Å². The van der Waals surface area contributed by atoms with Crippen LogP contribution < -0.4 is 16.4 Å². The van der Waals surface area contributed by atoms with Crippen molar-refractivity contribution in [3.63, 3.8) is 0 Å². The van der Waals surface area contributed by atoms with Gasteiger partial charge in [0.15, 0.2) is 5.13 Å². The normalized spacial score (nSPS) is 10.3. The zero-order chi connectivity index (χ0) is 14.5. The van der Waals surface area contributed by atoms with Gasteiger partial charge in [-0.25, -0.2) is 4.98 Å². The van der Waals surface area contributed by atoms with Crippen LogP contribution in [0.1, 0.15) is 27.7 Å². The molecule has 0 radical (unpaired) electrons. The number of anilines is 2. The average Bonchev–Trinajstić information content (AvgIpc) is 2.86. The molecule has 20 heavy (non-hydrogen) atoms. The van der Waals surface area contributed by atoms with Crippen molar-refractivity contribution in [3.05, 3.63) is 40.3 Å². The highest BCUT2D eigenvalue weighted by Crippen LogP contribution is 2.24. The third kappa shape index (κ3) is 3.08. The van der Waals surface area contributed by atoms with Crippen LogP contribution in [-0.2, 0) is 13.0 Å². The van der Waals surface area contributed by atoms with E-state index < -0.39 is 0 Å². The molecule has 6 heteroatoms. The second-order valence-corrected chi connectivity index (χ2v) is 5.29. The lowest BCUT2D eigenvalue weighted by Crippen LogP contribution is -2.23. The van der Waals surface area contributed by atoms with E-state index >= 15 is 0 Å². The number of amides is 1. The number of benzene rings is 1. The number of aryl methyl sites for hydroxylation is 1. The van der Waals surface area contributed by atoms with Crippen LogP contribution in [0.5, 0.6) is 0 Å². The number of aromatic nitrogens is 1. The van der Waals surface area contributed by atoms with E-state index in [2.05, 4.69) is 28.6 Å². The van der Waals surface area contributed by atoms with E-state index in [1.165, 1.54) is 16.9 Å². The summed E-state index contributed by atoms with van der Waals surface area (Å²) in [5.41, 5.74) is 8.10. The van der Waals surface area contributed by atoms with Gasteiger partial charge in [-0.15, -0.1) is 0 Å². The molecule has 0 saturated heterocycles. The summed E-state index contributed by atoms with van der Waals surface area (Å²) in [6, 6.07) is 8.07. The lowest BCUT2D eigenvalue weighted by atomic mass is 10.1. The average molecular weight is 290 g/mol. The molecular formula is C14H18N4OS. The quantitative estimate of drug-likeness (QED) is 0.789. The SMILES string of the molecule is CCc1ccccc1CNC(=O)c1sc(NC)nc1N. The van der Waals surface area contributed by atoms with E-state index in [1.807, 2.05) is 18.2 Å². The molecule has 2 rings (SSSR count). The predicted octanol–water partition coefficient (Wildman–Crippen LogP) is 2.26. The standard InChI is InChI=1S/C14H18N4OS/c1-3-9-6-4-5-7-10(9)8-17-13(19)11-12(15)18-14(16-2)20-11/h4-7H,3,8,15H2,1-2H3,(H,16,18)(H,17,19). The zero-order valence-corrected chi connectivity index (χ0v) is 12.4. The molecule has 1 amide bonds. The minimum Gasteiger partial charge on any atom is -0.382 e. The summed E-state index contributed by atoms with van der Waals surface area (Å²) >= 11 is 1.25. The van der Waals surface area contributed by atoms with E-state index in [-0.39, 0.29) is 11.7 Å². The van der Waals surface area contributed by atoms with E-state index in [4.69, 9.17) is 5.73 Å². The minimum absolute atomic E-state index is 0.188. The maximum absolute atomic E-state index is 12.1. The van der Waals surface area contributed by atoms with Gasteiger partial charge >= 0.3 is 0 Å². The number of carbonyl (C=O) groups is 1. The lowest BCUT2D eigenvalue weighted by Gasteiger charge is -2.08. The highest BCUT2D eigenvalue weighted by molar-refractivity contribution is 7.18. The van der Waals surface area contributed by atoms with Gasteiger partial charge in [-0.2, -0.15) is 0 Å². The Hall–Kier alpha value is -2.08. The van der Waals surface area contributed by atoms with Crippen LogP contribution in [0.25, 0.3) is 0 Å². The summed E-state index contributed by atoms with van der Waals surface area (Å²) in [5.74, 6) is 0.0769. The van der Waals surface area contributed by atoms with Gasteiger partial charge in [0.1, 0.15) is 10.7 Å². The van der Waals surface area contributed by atoms with Gasteiger partial charge in [0.25, 0.3) is 5.91 Å². The van der Waals surface area contributed by atoms with Gasteiger partial charge < -0.3 is 16.4 Å². The second-order valence-electron chi connectivity index (χ2n) is 4.29.